The third kappa shape index (κ3) is 44.7. The Morgan fingerprint density at radius 1 is 0.468 bits per heavy atom. The van der Waals surface area contributed by atoms with Crippen LogP contribution in [0.5, 0.6) is 0 Å². The molecule has 0 bridgehead atoms. The predicted molar refractivity (Wildman–Crippen MR) is 269 cm³/mol. The highest BCUT2D eigenvalue weighted by molar-refractivity contribution is 5.77. The van der Waals surface area contributed by atoms with Crippen molar-refractivity contribution in [3.8, 4) is 0 Å². The third-order valence-electron chi connectivity index (χ3n) is 12.5. The van der Waals surface area contributed by atoms with Gasteiger partial charge < -0.3 is 20.3 Å². The van der Waals surface area contributed by atoms with Gasteiger partial charge in [-0.3, -0.25) is 9.59 Å². The number of unbranched alkanes of at least 4 members (excludes halogenated alkanes) is 32. The first kappa shape index (κ1) is 60.1. The molecule has 0 spiro atoms. The molecule has 0 heterocycles. The number of amides is 1. The zero-order valence-corrected chi connectivity index (χ0v) is 41.5. The average molecular weight is 872 g/mol. The number of hydrogen-bond donors (Lipinski definition) is 3. The molecule has 0 aromatic carbocycles. The van der Waals surface area contributed by atoms with E-state index in [0.717, 1.165) is 70.6 Å². The molecule has 0 fully saturated rings. The van der Waals surface area contributed by atoms with Crippen molar-refractivity contribution in [3.63, 3.8) is 0 Å². The molecule has 0 saturated carbocycles. The van der Waals surface area contributed by atoms with Crippen molar-refractivity contribution < 1.29 is 24.5 Å². The number of aliphatic hydroxyl groups excluding tert-OH is 2. The summed E-state index contributed by atoms with van der Waals surface area (Å²) >= 11 is 0. The quantitative estimate of drug-likeness (QED) is 0.0245. The lowest BCUT2D eigenvalue weighted by Gasteiger charge is -2.24. The highest BCUT2D eigenvalue weighted by atomic mass is 16.5. The van der Waals surface area contributed by atoms with Gasteiger partial charge in [0.05, 0.1) is 25.2 Å². The largest absolute Gasteiger partial charge is 0.462 e. The summed E-state index contributed by atoms with van der Waals surface area (Å²) in [5, 5.41) is 23.8. The normalized spacial score (nSPS) is 13.4. The van der Waals surface area contributed by atoms with Crippen LogP contribution in [0.25, 0.3) is 0 Å². The molecule has 0 aromatic heterocycles. The second kappa shape index (κ2) is 50.1. The number of hydrogen-bond acceptors (Lipinski definition) is 5. The number of rotatable bonds is 49. The molecule has 364 valence electrons. The van der Waals surface area contributed by atoms with Gasteiger partial charge >= 0.3 is 5.97 Å². The molecule has 0 aromatic rings. The van der Waals surface area contributed by atoms with E-state index in [9.17, 15) is 19.8 Å². The first-order chi connectivity index (χ1) is 30.5. The van der Waals surface area contributed by atoms with Gasteiger partial charge in [0.15, 0.2) is 0 Å². The Labute approximate surface area is 385 Å². The lowest BCUT2D eigenvalue weighted by Crippen LogP contribution is -2.46. The van der Waals surface area contributed by atoms with Crippen LogP contribution in [-0.4, -0.2) is 46.9 Å². The van der Waals surface area contributed by atoms with Crippen molar-refractivity contribution in [1.29, 1.82) is 0 Å². The van der Waals surface area contributed by atoms with Gasteiger partial charge in [-0.05, 0) is 70.6 Å². The van der Waals surface area contributed by atoms with Crippen molar-refractivity contribution in [2.24, 2.45) is 0 Å². The number of esters is 1. The van der Waals surface area contributed by atoms with Gasteiger partial charge in [-0.2, -0.15) is 0 Å². The standard InChI is InChI=1S/C56H105NO5/c1-4-7-10-13-16-19-22-25-27-29-31-34-37-40-43-46-49-56(61)62-52(47-44-41-38-35-32-24-21-18-15-12-9-6-3)50-55(60)57-53(51-58)54(59)48-45-42-39-36-33-30-28-26-23-20-17-14-11-8-5-2/h27,29,31,34-35,38,52-54,58-59H,4-26,28,30,32-33,36-37,39-51H2,1-3H3,(H,57,60)/b29-27+,34-31+,38-35-. The number of carbonyl (C=O) groups is 2. The first-order valence-electron chi connectivity index (χ1n) is 27.2. The van der Waals surface area contributed by atoms with Crippen LogP contribution in [0.3, 0.4) is 0 Å². The molecule has 3 unspecified atom stereocenters. The molecular formula is C56H105NO5. The highest BCUT2D eigenvalue weighted by Gasteiger charge is 2.24. The second-order valence-corrected chi connectivity index (χ2v) is 18.7. The Hall–Kier alpha value is -1.92. The van der Waals surface area contributed by atoms with Crippen LogP contribution in [0.4, 0.5) is 0 Å². The van der Waals surface area contributed by atoms with E-state index in [1.807, 2.05) is 0 Å². The van der Waals surface area contributed by atoms with Crippen molar-refractivity contribution in [2.75, 3.05) is 6.61 Å². The van der Waals surface area contributed by atoms with Crippen LogP contribution >= 0.6 is 0 Å². The van der Waals surface area contributed by atoms with Crippen molar-refractivity contribution >= 4 is 11.9 Å². The van der Waals surface area contributed by atoms with Gasteiger partial charge in [-0.1, -0.05) is 237 Å². The van der Waals surface area contributed by atoms with Crippen LogP contribution in [0, 0.1) is 0 Å². The van der Waals surface area contributed by atoms with Crippen LogP contribution in [0.15, 0.2) is 36.5 Å². The van der Waals surface area contributed by atoms with Crippen LogP contribution in [0.1, 0.15) is 284 Å². The fourth-order valence-electron chi connectivity index (χ4n) is 8.31. The molecule has 3 N–H and O–H groups in total. The Morgan fingerprint density at radius 2 is 0.839 bits per heavy atom. The molecule has 0 saturated heterocycles. The molecule has 1 amide bonds. The smallest absolute Gasteiger partial charge is 0.306 e. The molecule has 6 nitrogen and oxygen atoms in total. The maximum Gasteiger partial charge on any atom is 0.306 e. The third-order valence-corrected chi connectivity index (χ3v) is 12.5. The maximum atomic E-state index is 13.2. The van der Waals surface area contributed by atoms with E-state index < -0.39 is 18.2 Å². The summed E-state index contributed by atoms with van der Waals surface area (Å²) in [6, 6.07) is -0.713. The van der Waals surface area contributed by atoms with E-state index in [0.29, 0.717) is 19.3 Å². The van der Waals surface area contributed by atoms with Gasteiger partial charge in [-0.15, -0.1) is 0 Å². The van der Waals surface area contributed by atoms with Crippen LogP contribution in [0.2, 0.25) is 0 Å². The first-order valence-corrected chi connectivity index (χ1v) is 27.2. The molecular weight excluding hydrogens is 767 g/mol. The van der Waals surface area contributed by atoms with Gasteiger partial charge in [0, 0.05) is 6.42 Å². The molecule has 0 aliphatic rings. The minimum absolute atomic E-state index is 0.0485. The minimum atomic E-state index is -0.797. The summed E-state index contributed by atoms with van der Waals surface area (Å²) in [4.78, 5) is 26.1. The molecule has 0 rings (SSSR count). The molecule has 6 heteroatoms. The lowest BCUT2D eigenvalue weighted by molar-refractivity contribution is -0.151. The summed E-state index contributed by atoms with van der Waals surface area (Å²) in [5.74, 6) is -0.525. The maximum absolute atomic E-state index is 13.2. The zero-order valence-electron chi connectivity index (χ0n) is 41.5. The van der Waals surface area contributed by atoms with Gasteiger partial charge in [0.2, 0.25) is 5.91 Å². The van der Waals surface area contributed by atoms with Crippen molar-refractivity contribution in [1.82, 2.24) is 5.32 Å². The van der Waals surface area contributed by atoms with Gasteiger partial charge in [0.25, 0.3) is 0 Å². The minimum Gasteiger partial charge on any atom is -0.462 e. The number of aliphatic hydroxyl groups is 2. The Kier molecular flexibility index (Phi) is 48.5. The molecule has 0 aliphatic heterocycles. The molecule has 3 atom stereocenters. The molecule has 0 aliphatic carbocycles. The molecule has 62 heavy (non-hydrogen) atoms. The fourth-order valence-corrected chi connectivity index (χ4v) is 8.31. The van der Waals surface area contributed by atoms with E-state index in [4.69, 9.17) is 4.74 Å². The Balaban J connectivity index is 4.57. The van der Waals surface area contributed by atoms with Crippen molar-refractivity contribution in [2.45, 2.75) is 302 Å². The number of ether oxygens (including phenoxy) is 1. The number of nitrogens with one attached hydrogen (secondary N) is 1. The topological polar surface area (TPSA) is 95.9 Å². The van der Waals surface area contributed by atoms with E-state index in [2.05, 4.69) is 62.5 Å². The van der Waals surface area contributed by atoms with E-state index in [1.165, 1.54) is 167 Å². The second-order valence-electron chi connectivity index (χ2n) is 18.7. The Morgan fingerprint density at radius 3 is 1.27 bits per heavy atom. The van der Waals surface area contributed by atoms with E-state index in [1.54, 1.807) is 0 Å². The summed E-state index contributed by atoms with van der Waals surface area (Å²) in [5.41, 5.74) is 0. The van der Waals surface area contributed by atoms with Gasteiger partial charge in [-0.25, -0.2) is 0 Å². The summed E-state index contributed by atoms with van der Waals surface area (Å²) in [7, 11) is 0. The predicted octanol–water partition coefficient (Wildman–Crippen LogP) is 16.5. The van der Waals surface area contributed by atoms with Gasteiger partial charge in [0.1, 0.15) is 6.10 Å². The van der Waals surface area contributed by atoms with Crippen LogP contribution < -0.4 is 5.32 Å². The van der Waals surface area contributed by atoms with E-state index >= 15 is 0 Å². The summed E-state index contributed by atoms with van der Waals surface area (Å²) < 4.78 is 5.91. The Bertz CT molecular complexity index is 1020. The highest BCUT2D eigenvalue weighted by Crippen LogP contribution is 2.17. The SMILES string of the molecule is CCCCCCCCC/C=C\CCCC(CC(=O)NC(CO)C(O)CCCCCCCCCCCCCCCCC)OC(=O)CCCCC/C=C/C=C/CCCCCCCCC. The van der Waals surface area contributed by atoms with Crippen molar-refractivity contribution in [3.05, 3.63) is 36.5 Å². The number of carbonyl (C=O) groups excluding carboxylic acids is 2. The molecule has 0 radical (unpaired) electrons. The number of allylic oxidation sites excluding steroid dienone is 6. The summed E-state index contributed by atoms with van der Waals surface area (Å²) in [6.45, 7) is 6.48. The summed E-state index contributed by atoms with van der Waals surface area (Å²) in [6.07, 6.45) is 59.2. The van der Waals surface area contributed by atoms with Crippen LogP contribution in [-0.2, 0) is 14.3 Å². The van der Waals surface area contributed by atoms with E-state index in [-0.39, 0.29) is 24.9 Å². The average Bonchev–Trinajstić information content (AvgIpc) is 3.26. The fraction of sp³-hybridized carbons (Fsp3) is 0.857. The lowest BCUT2D eigenvalue weighted by atomic mass is 10.0. The monoisotopic (exact) mass is 872 g/mol. The zero-order chi connectivity index (χ0) is 45.2.